The fourth-order valence-electron chi connectivity index (χ4n) is 3.11. The third-order valence-electron chi connectivity index (χ3n) is 4.64. The lowest BCUT2D eigenvalue weighted by atomic mass is 10.1. The van der Waals surface area contributed by atoms with Gasteiger partial charge in [0.2, 0.25) is 0 Å². The van der Waals surface area contributed by atoms with Crippen LogP contribution in [-0.2, 0) is 13.0 Å². The Hall–Kier alpha value is -3.34. The van der Waals surface area contributed by atoms with Gasteiger partial charge in [-0.2, -0.15) is 0 Å². The monoisotopic (exact) mass is 357 g/mol. The second-order valence-corrected chi connectivity index (χ2v) is 6.66. The molecule has 4 rings (SSSR count). The first-order valence-corrected chi connectivity index (χ1v) is 9.18. The van der Waals surface area contributed by atoms with Crippen LogP contribution in [0.5, 0.6) is 0 Å². The highest BCUT2D eigenvalue weighted by molar-refractivity contribution is 5.83. The van der Waals surface area contributed by atoms with Crippen molar-refractivity contribution in [2.24, 2.45) is 0 Å². The van der Waals surface area contributed by atoms with Gasteiger partial charge >= 0.3 is 0 Å². The summed E-state index contributed by atoms with van der Waals surface area (Å²) in [6.07, 6.45) is 4.60. The van der Waals surface area contributed by atoms with E-state index in [4.69, 9.17) is 0 Å². The number of aryl methyl sites for hydroxylation is 1. The highest BCUT2D eigenvalue weighted by atomic mass is 15.1. The van der Waals surface area contributed by atoms with Gasteiger partial charge < -0.3 is 15.6 Å². The molecule has 2 heterocycles. The summed E-state index contributed by atoms with van der Waals surface area (Å²) in [7, 11) is 0. The van der Waals surface area contributed by atoms with Crippen LogP contribution in [0.3, 0.4) is 0 Å². The summed E-state index contributed by atoms with van der Waals surface area (Å²) in [6, 6.07) is 18.8. The second kappa shape index (κ2) is 7.91. The Labute approximate surface area is 158 Å². The van der Waals surface area contributed by atoms with Crippen LogP contribution < -0.4 is 10.6 Å². The van der Waals surface area contributed by atoms with Crippen molar-refractivity contribution in [3.05, 3.63) is 83.8 Å². The van der Waals surface area contributed by atoms with Crippen LogP contribution in [-0.4, -0.2) is 21.5 Å². The molecule has 0 unspecified atom stereocenters. The maximum Gasteiger partial charge on any atom is 0.131 e. The number of aromatic amines is 1. The van der Waals surface area contributed by atoms with E-state index in [1.54, 1.807) is 6.33 Å². The van der Waals surface area contributed by atoms with Gasteiger partial charge in [-0.05, 0) is 30.5 Å². The predicted molar refractivity (Wildman–Crippen MR) is 111 cm³/mol. The Kier molecular flexibility index (Phi) is 5.01. The standard InChI is InChI=1S/C22H23N5/c1-16-6-8-17(9-7-16)13-25-22-12-21(26-15-27-22)23-11-10-18-14-24-20-5-3-2-4-19(18)20/h2-9,12,14-15,24H,10-11,13H2,1H3,(H2,23,25,26,27). The first-order chi connectivity index (χ1) is 13.3. The highest BCUT2D eigenvalue weighted by Crippen LogP contribution is 2.18. The number of hydrogen-bond donors (Lipinski definition) is 3. The molecule has 5 heteroatoms. The number of H-pyrrole nitrogens is 1. The molecule has 0 fully saturated rings. The van der Waals surface area contributed by atoms with Gasteiger partial charge in [0.15, 0.2) is 0 Å². The molecule has 0 aliphatic carbocycles. The number of hydrogen-bond acceptors (Lipinski definition) is 4. The SMILES string of the molecule is Cc1ccc(CNc2cc(NCCc3c[nH]c4ccccc34)ncn2)cc1. The van der Waals surface area contributed by atoms with E-state index < -0.39 is 0 Å². The molecule has 0 saturated carbocycles. The Balaban J connectivity index is 1.33. The highest BCUT2D eigenvalue weighted by Gasteiger charge is 2.03. The van der Waals surface area contributed by atoms with E-state index in [0.717, 1.165) is 31.1 Å². The van der Waals surface area contributed by atoms with Gasteiger partial charge in [0.05, 0.1) is 0 Å². The molecule has 0 aliphatic rings. The quantitative estimate of drug-likeness (QED) is 0.454. The summed E-state index contributed by atoms with van der Waals surface area (Å²) in [6.45, 7) is 3.65. The maximum absolute atomic E-state index is 4.32. The first-order valence-electron chi connectivity index (χ1n) is 9.18. The topological polar surface area (TPSA) is 65.6 Å². The van der Waals surface area contributed by atoms with E-state index in [-0.39, 0.29) is 0 Å². The van der Waals surface area contributed by atoms with Crippen LogP contribution in [0.25, 0.3) is 10.9 Å². The van der Waals surface area contributed by atoms with Crippen molar-refractivity contribution in [1.29, 1.82) is 0 Å². The van der Waals surface area contributed by atoms with Gasteiger partial charge in [-0.3, -0.25) is 0 Å². The van der Waals surface area contributed by atoms with Gasteiger partial charge in [-0.25, -0.2) is 9.97 Å². The van der Waals surface area contributed by atoms with Crippen molar-refractivity contribution < 1.29 is 0 Å². The summed E-state index contributed by atoms with van der Waals surface area (Å²) >= 11 is 0. The van der Waals surface area contributed by atoms with Crippen LogP contribution in [0.1, 0.15) is 16.7 Å². The number of anilines is 2. The van der Waals surface area contributed by atoms with Gasteiger partial charge in [0.25, 0.3) is 0 Å². The van der Waals surface area contributed by atoms with Gasteiger partial charge in [-0.15, -0.1) is 0 Å². The zero-order chi connectivity index (χ0) is 18.5. The Morgan fingerprint density at radius 1 is 0.926 bits per heavy atom. The number of aromatic nitrogens is 3. The smallest absolute Gasteiger partial charge is 0.131 e. The third kappa shape index (κ3) is 4.26. The third-order valence-corrected chi connectivity index (χ3v) is 4.64. The summed E-state index contributed by atoms with van der Waals surface area (Å²) < 4.78 is 0. The van der Waals surface area contributed by atoms with Crippen LogP contribution in [0.4, 0.5) is 11.6 Å². The molecule has 0 spiro atoms. The lowest BCUT2D eigenvalue weighted by Crippen LogP contribution is -2.08. The predicted octanol–water partition coefficient (Wildman–Crippen LogP) is 4.53. The van der Waals surface area contributed by atoms with E-state index in [2.05, 4.69) is 81.2 Å². The molecular weight excluding hydrogens is 334 g/mol. The molecule has 0 radical (unpaired) electrons. The first kappa shape index (κ1) is 17.1. The van der Waals surface area contributed by atoms with Crippen LogP contribution >= 0.6 is 0 Å². The summed E-state index contributed by atoms with van der Waals surface area (Å²) in [5, 5.41) is 8.02. The zero-order valence-electron chi connectivity index (χ0n) is 15.4. The summed E-state index contributed by atoms with van der Waals surface area (Å²) in [5.74, 6) is 1.65. The molecular formula is C22H23N5. The van der Waals surface area contributed by atoms with E-state index in [1.807, 2.05) is 12.1 Å². The van der Waals surface area contributed by atoms with Crippen molar-refractivity contribution >= 4 is 22.5 Å². The van der Waals surface area contributed by atoms with Crippen molar-refractivity contribution in [1.82, 2.24) is 15.0 Å². The van der Waals surface area contributed by atoms with Crippen molar-refractivity contribution in [2.45, 2.75) is 19.9 Å². The molecule has 2 aromatic heterocycles. The lowest BCUT2D eigenvalue weighted by molar-refractivity contribution is 1.00. The second-order valence-electron chi connectivity index (χ2n) is 6.66. The minimum atomic E-state index is 0.742. The molecule has 2 aromatic carbocycles. The van der Waals surface area contributed by atoms with Crippen molar-refractivity contribution in [3.8, 4) is 0 Å². The lowest BCUT2D eigenvalue weighted by Gasteiger charge is -2.09. The molecule has 3 N–H and O–H groups in total. The molecule has 0 amide bonds. The van der Waals surface area contributed by atoms with E-state index in [0.29, 0.717) is 0 Å². The van der Waals surface area contributed by atoms with Crippen LogP contribution in [0.2, 0.25) is 0 Å². The normalized spacial score (nSPS) is 10.9. The Morgan fingerprint density at radius 3 is 2.56 bits per heavy atom. The molecule has 27 heavy (non-hydrogen) atoms. The number of rotatable bonds is 7. The average Bonchev–Trinajstić information content (AvgIpc) is 3.11. The number of nitrogens with one attached hydrogen (secondary N) is 3. The number of fused-ring (bicyclic) bond motifs is 1. The fraction of sp³-hybridized carbons (Fsp3) is 0.182. The van der Waals surface area contributed by atoms with Crippen LogP contribution in [0.15, 0.2) is 67.1 Å². The number of nitrogens with zero attached hydrogens (tertiary/aromatic N) is 2. The van der Waals surface area contributed by atoms with E-state index in [1.165, 1.54) is 27.6 Å². The van der Waals surface area contributed by atoms with Gasteiger partial charge in [0, 0.05) is 36.3 Å². The average molecular weight is 357 g/mol. The van der Waals surface area contributed by atoms with Gasteiger partial charge in [0.1, 0.15) is 18.0 Å². The molecule has 0 aliphatic heterocycles. The minimum Gasteiger partial charge on any atom is -0.370 e. The summed E-state index contributed by atoms with van der Waals surface area (Å²) in [5.41, 5.74) is 4.98. The van der Waals surface area contributed by atoms with Gasteiger partial charge in [-0.1, -0.05) is 48.0 Å². The number of para-hydroxylation sites is 1. The molecule has 0 atom stereocenters. The largest absolute Gasteiger partial charge is 0.370 e. The van der Waals surface area contributed by atoms with E-state index >= 15 is 0 Å². The molecule has 0 saturated heterocycles. The molecule has 136 valence electrons. The maximum atomic E-state index is 4.32. The molecule has 5 nitrogen and oxygen atoms in total. The van der Waals surface area contributed by atoms with Crippen molar-refractivity contribution in [3.63, 3.8) is 0 Å². The minimum absolute atomic E-state index is 0.742. The Bertz CT molecular complexity index is 1020. The fourth-order valence-corrected chi connectivity index (χ4v) is 3.11. The van der Waals surface area contributed by atoms with Crippen LogP contribution in [0, 0.1) is 6.92 Å². The van der Waals surface area contributed by atoms with E-state index in [9.17, 15) is 0 Å². The molecule has 0 bridgehead atoms. The zero-order valence-corrected chi connectivity index (χ0v) is 15.4. The summed E-state index contributed by atoms with van der Waals surface area (Å²) in [4.78, 5) is 11.9. The van der Waals surface area contributed by atoms with Crippen molar-refractivity contribution in [2.75, 3.05) is 17.2 Å². The molecule has 4 aromatic rings. The Morgan fingerprint density at radius 2 is 1.70 bits per heavy atom. The number of benzene rings is 2.